The first-order chi connectivity index (χ1) is 8.20. The van der Waals surface area contributed by atoms with Crippen molar-refractivity contribution in [2.75, 3.05) is 7.11 Å². The van der Waals surface area contributed by atoms with Gasteiger partial charge in [-0.15, -0.1) is 0 Å². The molecule has 94 valence electrons. The maximum Gasteiger partial charge on any atom is 0.165 e. The van der Waals surface area contributed by atoms with E-state index in [1.165, 1.54) is 20.0 Å². The van der Waals surface area contributed by atoms with Gasteiger partial charge in [-0.25, -0.2) is 4.39 Å². The van der Waals surface area contributed by atoms with Gasteiger partial charge in [0.25, 0.3) is 0 Å². The van der Waals surface area contributed by atoms with E-state index in [1.54, 1.807) is 12.1 Å². The smallest absolute Gasteiger partial charge is 0.165 e. The van der Waals surface area contributed by atoms with Crippen molar-refractivity contribution in [3.8, 4) is 5.75 Å². The molecule has 0 aromatic heterocycles. The lowest BCUT2D eigenvalue weighted by molar-refractivity contribution is 0.385. The van der Waals surface area contributed by atoms with Crippen molar-refractivity contribution in [1.82, 2.24) is 0 Å². The molecule has 1 fully saturated rings. The van der Waals surface area contributed by atoms with Crippen molar-refractivity contribution in [1.29, 1.82) is 0 Å². The lowest BCUT2D eigenvalue weighted by Gasteiger charge is -2.18. The zero-order valence-corrected chi connectivity index (χ0v) is 10.3. The van der Waals surface area contributed by atoms with Crippen molar-refractivity contribution in [2.24, 2.45) is 5.73 Å². The van der Waals surface area contributed by atoms with Crippen LogP contribution in [-0.4, -0.2) is 13.2 Å². The van der Waals surface area contributed by atoms with Crippen LogP contribution >= 0.6 is 0 Å². The molecule has 0 spiro atoms. The number of rotatable bonds is 2. The summed E-state index contributed by atoms with van der Waals surface area (Å²) in [7, 11) is 1.49. The van der Waals surface area contributed by atoms with Gasteiger partial charge in [0.15, 0.2) is 11.6 Å². The average molecular weight is 237 g/mol. The van der Waals surface area contributed by atoms with Crippen LogP contribution in [0.2, 0.25) is 0 Å². The molecule has 2 unspecified atom stereocenters. The van der Waals surface area contributed by atoms with E-state index in [0.29, 0.717) is 11.7 Å². The minimum atomic E-state index is -0.275. The quantitative estimate of drug-likeness (QED) is 0.802. The summed E-state index contributed by atoms with van der Waals surface area (Å²) in [5, 5.41) is 0. The van der Waals surface area contributed by atoms with Crippen molar-refractivity contribution in [3.63, 3.8) is 0 Å². The highest BCUT2D eigenvalue weighted by Gasteiger charge is 2.20. The van der Waals surface area contributed by atoms with Gasteiger partial charge in [0, 0.05) is 6.04 Å². The van der Waals surface area contributed by atoms with Crippen LogP contribution in [-0.2, 0) is 0 Å². The summed E-state index contributed by atoms with van der Waals surface area (Å²) in [5.74, 6) is 0.433. The van der Waals surface area contributed by atoms with E-state index < -0.39 is 0 Å². The number of methoxy groups -OCH3 is 1. The second-order valence-electron chi connectivity index (χ2n) is 4.87. The Morgan fingerprint density at radius 2 is 2.06 bits per heavy atom. The molecule has 2 rings (SSSR count). The van der Waals surface area contributed by atoms with E-state index in [1.807, 2.05) is 6.07 Å². The Balaban J connectivity index is 2.17. The van der Waals surface area contributed by atoms with E-state index in [0.717, 1.165) is 24.8 Å². The predicted octanol–water partition coefficient (Wildman–Crippen LogP) is 3.21. The molecular weight excluding hydrogens is 217 g/mol. The third-order valence-electron chi connectivity index (χ3n) is 3.61. The summed E-state index contributed by atoms with van der Waals surface area (Å²) in [6.45, 7) is 0. The second kappa shape index (κ2) is 5.50. The summed E-state index contributed by atoms with van der Waals surface area (Å²) < 4.78 is 18.6. The maximum atomic E-state index is 13.6. The van der Waals surface area contributed by atoms with Crippen molar-refractivity contribution < 1.29 is 9.13 Å². The summed E-state index contributed by atoms with van der Waals surface area (Å²) >= 11 is 0. The average Bonchev–Trinajstić information content (AvgIpc) is 2.54. The minimum absolute atomic E-state index is 0.257. The molecule has 1 aromatic carbocycles. The molecule has 1 aliphatic rings. The fourth-order valence-corrected chi connectivity index (χ4v) is 2.64. The van der Waals surface area contributed by atoms with Gasteiger partial charge >= 0.3 is 0 Å². The molecule has 1 saturated carbocycles. The number of nitrogens with two attached hydrogens (primary N) is 1. The van der Waals surface area contributed by atoms with Crippen molar-refractivity contribution in [2.45, 2.75) is 44.1 Å². The number of hydrogen-bond donors (Lipinski definition) is 1. The summed E-state index contributed by atoms with van der Waals surface area (Å²) in [6.07, 6.45) is 5.54. The molecular formula is C14H20FNO. The molecule has 2 N–H and O–H groups in total. The van der Waals surface area contributed by atoms with Gasteiger partial charge in [-0.2, -0.15) is 0 Å². The van der Waals surface area contributed by atoms with Crippen LogP contribution in [0.5, 0.6) is 5.75 Å². The molecule has 0 aliphatic heterocycles. The molecule has 1 aromatic rings. The fraction of sp³-hybridized carbons (Fsp3) is 0.571. The van der Waals surface area contributed by atoms with Gasteiger partial charge in [-0.05, 0) is 42.9 Å². The molecule has 0 saturated heterocycles. The fourth-order valence-electron chi connectivity index (χ4n) is 2.64. The molecule has 3 heteroatoms. The zero-order chi connectivity index (χ0) is 12.3. The van der Waals surface area contributed by atoms with Gasteiger partial charge < -0.3 is 10.5 Å². The Kier molecular flexibility index (Phi) is 4.00. The molecule has 2 nitrogen and oxygen atoms in total. The highest BCUT2D eigenvalue weighted by Crippen LogP contribution is 2.32. The van der Waals surface area contributed by atoms with Gasteiger partial charge in [-0.3, -0.25) is 0 Å². The first-order valence-electron chi connectivity index (χ1n) is 6.29. The van der Waals surface area contributed by atoms with Crippen molar-refractivity contribution >= 4 is 0 Å². The van der Waals surface area contributed by atoms with Gasteiger partial charge in [0.1, 0.15) is 0 Å². The topological polar surface area (TPSA) is 35.2 Å². The second-order valence-corrected chi connectivity index (χ2v) is 4.87. The van der Waals surface area contributed by atoms with E-state index in [4.69, 9.17) is 10.5 Å². The lowest BCUT2D eigenvalue weighted by atomic mass is 9.90. The number of halogens is 1. The van der Waals surface area contributed by atoms with E-state index in [-0.39, 0.29) is 11.9 Å². The number of benzene rings is 1. The molecule has 17 heavy (non-hydrogen) atoms. The van der Waals surface area contributed by atoms with Crippen molar-refractivity contribution in [3.05, 3.63) is 29.6 Å². The van der Waals surface area contributed by atoms with Crippen LogP contribution in [0.1, 0.15) is 43.6 Å². The zero-order valence-electron chi connectivity index (χ0n) is 10.3. The Bertz CT molecular complexity index is 380. The molecule has 0 amide bonds. The number of ether oxygens (including phenoxy) is 1. The Morgan fingerprint density at radius 3 is 2.76 bits per heavy atom. The first-order valence-corrected chi connectivity index (χ1v) is 6.29. The van der Waals surface area contributed by atoms with E-state index >= 15 is 0 Å². The first kappa shape index (κ1) is 12.4. The van der Waals surface area contributed by atoms with Crippen LogP contribution in [0.15, 0.2) is 18.2 Å². The molecule has 0 bridgehead atoms. The normalized spacial score (nSPS) is 25.4. The Hall–Kier alpha value is -1.09. The van der Waals surface area contributed by atoms with Crippen LogP contribution in [0.25, 0.3) is 0 Å². The Morgan fingerprint density at radius 1 is 1.29 bits per heavy atom. The monoisotopic (exact) mass is 237 g/mol. The van der Waals surface area contributed by atoms with Crippen LogP contribution < -0.4 is 10.5 Å². The standard InChI is InChI=1S/C14H20FNO/c1-17-14-7-6-11(9-13(14)15)10-4-2-3-5-12(16)8-10/h6-7,9-10,12H,2-5,8,16H2,1H3. The summed E-state index contributed by atoms with van der Waals surface area (Å²) in [6, 6.07) is 5.53. The van der Waals surface area contributed by atoms with E-state index in [2.05, 4.69) is 0 Å². The Labute approximate surface area is 102 Å². The minimum Gasteiger partial charge on any atom is -0.494 e. The van der Waals surface area contributed by atoms with Gasteiger partial charge in [-0.1, -0.05) is 18.9 Å². The molecule has 1 aliphatic carbocycles. The summed E-state index contributed by atoms with van der Waals surface area (Å²) in [4.78, 5) is 0. The van der Waals surface area contributed by atoms with Crippen LogP contribution in [0, 0.1) is 5.82 Å². The molecule has 0 heterocycles. The largest absolute Gasteiger partial charge is 0.494 e. The third kappa shape index (κ3) is 2.97. The maximum absolute atomic E-state index is 13.6. The highest BCUT2D eigenvalue weighted by molar-refractivity contribution is 5.31. The van der Waals surface area contributed by atoms with Gasteiger partial charge in [0.2, 0.25) is 0 Å². The van der Waals surface area contributed by atoms with Crippen LogP contribution in [0.3, 0.4) is 0 Å². The SMILES string of the molecule is COc1ccc(C2CCCCC(N)C2)cc1F. The third-order valence-corrected chi connectivity index (χ3v) is 3.61. The predicted molar refractivity (Wildman–Crippen MR) is 66.8 cm³/mol. The lowest BCUT2D eigenvalue weighted by Crippen LogP contribution is -2.20. The number of hydrogen-bond acceptors (Lipinski definition) is 2. The van der Waals surface area contributed by atoms with Crippen LogP contribution in [0.4, 0.5) is 4.39 Å². The molecule has 0 radical (unpaired) electrons. The van der Waals surface area contributed by atoms with E-state index in [9.17, 15) is 4.39 Å². The van der Waals surface area contributed by atoms with Gasteiger partial charge in [0.05, 0.1) is 7.11 Å². The molecule has 2 atom stereocenters. The summed E-state index contributed by atoms with van der Waals surface area (Å²) in [5.41, 5.74) is 7.09. The highest BCUT2D eigenvalue weighted by atomic mass is 19.1.